The lowest BCUT2D eigenvalue weighted by atomic mass is 10.1. The van der Waals surface area contributed by atoms with Gasteiger partial charge in [0.05, 0.1) is 10.6 Å². The van der Waals surface area contributed by atoms with E-state index in [1.807, 2.05) is 54.1 Å². The van der Waals surface area contributed by atoms with Crippen molar-refractivity contribution in [1.29, 1.82) is 0 Å². The Bertz CT molecular complexity index is 891. The molecule has 2 aromatic heterocycles. The zero-order valence-corrected chi connectivity index (χ0v) is 12.7. The Balaban J connectivity index is 1.99. The number of rotatable bonds is 1. The van der Waals surface area contributed by atoms with Gasteiger partial charge in [0, 0.05) is 16.7 Å². The van der Waals surface area contributed by atoms with Crippen LogP contribution < -0.4 is 5.56 Å². The van der Waals surface area contributed by atoms with Crippen molar-refractivity contribution in [3.05, 3.63) is 69.7 Å². The molecule has 1 aliphatic rings. The summed E-state index contributed by atoms with van der Waals surface area (Å²) in [5.74, 6) is 0. The molecule has 0 saturated carbocycles. The maximum Gasteiger partial charge on any atom is 0.263 e. The van der Waals surface area contributed by atoms with Gasteiger partial charge in [0.1, 0.15) is 0 Å². The van der Waals surface area contributed by atoms with Crippen molar-refractivity contribution in [1.82, 2.24) is 4.57 Å². The van der Waals surface area contributed by atoms with Gasteiger partial charge < -0.3 is 0 Å². The van der Waals surface area contributed by atoms with Crippen LogP contribution in [0.1, 0.15) is 0 Å². The predicted octanol–water partition coefficient (Wildman–Crippen LogP) is 4.78. The number of thioether (sulfide) groups is 1. The molecule has 0 spiro atoms. The molecule has 0 unspecified atom stereocenters. The molecule has 4 rings (SSSR count). The van der Waals surface area contributed by atoms with Crippen LogP contribution in [-0.4, -0.2) is 4.57 Å². The zero-order chi connectivity index (χ0) is 14.2. The third-order valence-corrected chi connectivity index (χ3v) is 5.39. The van der Waals surface area contributed by atoms with Gasteiger partial charge in [-0.25, -0.2) is 0 Å². The van der Waals surface area contributed by atoms with E-state index in [-0.39, 0.29) is 5.56 Å². The van der Waals surface area contributed by atoms with E-state index < -0.39 is 0 Å². The highest BCUT2D eigenvalue weighted by Crippen LogP contribution is 2.38. The summed E-state index contributed by atoms with van der Waals surface area (Å²) in [4.78, 5) is 15.2. The second-order valence-corrected chi connectivity index (χ2v) is 6.55. The summed E-state index contributed by atoms with van der Waals surface area (Å²) in [6.07, 6.45) is 1.86. The van der Waals surface area contributed by atoms with Crippen molar-refractivity contribution in [2.24, 2.45) is 0 Å². The minimum Gasteiger partial charge on any atom is -0.282 e. The van der Waals surface area contributed by atoms with Crippen LogP contribution in [0.15, 0.2) is 69.0 Å². The number of pyridine rings is 1. The van der Waals surface area contributed by atoms with Gasteiger partial charge in [-0.3, -0.25) is 9.36 Å². The van der Waals surface area contributed by atoms with E-state index in [0.717, 1.165) is 21.7 Å². The molecule has 0 aliphatic carbocycles. The molecule has 0 radical (unpaired) electrons. The number of hydrogen-bond acceptors (Lipinski definition) is 3. The molecule has 0 N–H and O–H groups in total. The van der Waals surface area contributed by atoms with Gasteiger partial charge in [-0.2, -0.15) is 0 Å². The predicted molar refractivity (Wildman–Crippen MR) is 90.6 cm³/mol. The van der Waals surface area contributed by atoms with Crippen LogP contribution in [0.25, 0.3) is 27.9 Å². The number of thiophene rings is 1. The Morgan fingerprint density at radius 3 is 2.67 bits per heavy atom. The highest BCUT2D eigenvalue weighted by Gasteiger charge is 2.16. The number of nitrogens with zero attached hydrogens (tertiary/aromatic N) is 1. The van der Waals surface area contributed by atoms with E-state index in [1.165, 1.54) is 4.90 Å². The Morgan fingerprint density at radius 2 is 1.81 bits per heavy atom. The van der Waals surface area contributed by atoms with E-state index in [4.69, 9.17) is 0 Å². The molecule has 0 bridgehead atoms. The average Bonchev–Trinajstić information content (AvgIpc) is 2.91. The topological polar surface area (TPSA) is 22.0 Å². The Morgan fingerprint density at radius 1 is 0.952 bits per heavy atom. The molecule has 3 heterocycles. The minimum absolute atomic E-state index is 0.0248. The average molecular weight is 309 g/mol. The Labute approximate surface area is 130 Å². The summed E-state index contributed by atoms with van der Waals surface area (Å²) in [6, 6.07) is 15.9. The summed E-state index contributed by atoms with van der Waals surface area (Å²) in [5.41, 5.74) is 2.67. The fourth-order valence-corrected chi connectivity index (χ4v) is 4.34. The first kappa shape index (κ1) is 12.7. The summed E-state index contributed by atoms with van der Waals surface area (Å²) in [5, 5.41) is 4.04. The fraction of sp³-hybridized carbons (Fsp3) is 0. The highest BCUT2D eigenvalue weighted by molar-refractivity contribution is 8.02. The number of hydrogen-bond donors (Lipinski definition) is 0. The van der Waals surface area contributed by atoms with Crippen molar-refractivity contribution in [2.45, 2.75) is 4.90 Å². The molecular formula is C17H11NOS2. The molecule has 0 amide bonds. The molecule has 0 atom stereocenters. The van der Waals surface area contributed by atoms with Crippen molar-refractivity contribution >= 4 is 29.3 Å². The molecular weight excluding hydrogens is 298 g/mol. The SMILES string of the molecule is O=c1c(-c2ccccc2)ccc2n1C=CSc1ccsc1-2. The lowest BCUT2D eigenvalue weighted by Crippen LogP contribution is -2.18. The van der Waals surface area contributed by atoms with Crippen LogP contribution in [0.3, 0.4) is 0 Å². The first-order chi connectivity index (χ1) is 10.3. The molecule has 0 fully saturated rings. The summed E-state index contributed by atoms with van der Waals surface area (Å²) >= 11 is 3.32. The van der Waals surface area contributed by atoms with E-state index >= 15 is 0 Å². The molecule has 102 valence electrons. The van der Waals surface area contributed by atoms with E-state index in [2.05, 4.69) is 11.4 Å². The standard InChI is InChI=1S/C17H11NOS2/c19-17-13(12-4-2-1-3-5-12)6-7-14-16-15(8-10-21-16)20-11-9-18(14)17/h1-11H. The lowest BCUT2D eigenvalue weighted by Gasteiger charge is -2.09. The largest absolute Gasteiger partial charge is 0.282 e. The molecule has 1 aromatic carbocycles. The zero-order valence-electron chi connectivity index (χ0n) is 11.0. The summed E-state index contributed by atoms with van der Waals surface area (Å²) in [6.45, 7) is 0. The van der Waals surface area contributed by atoms with Gasteiger partial charge in [-0.1, -0.05) is 42.1 Å². The van der Waals surface area contributed by atoms with Gasteiger partial charge in [-0.05, 0) is 34.6 Å². The van der Waals surface area contributed by atoms with Crippen LogP contribution in [0.2, 0.25) is 0 Å². The second kappa shape index (κ2) is 5.06. The van der Waals surface area contributed by atoms with Crippen molar-refractivity contribution < 1.29 is 0 Å². The fourth-order valence-electron chi connectivity index (χ4n) is 2.47. The normalized spacial score (nSPS) is 12.6. The summed E-state index contributed by atoms with van der Waals surface area (Å²) in [7, 11) is 0. The molecule has 2 nitrogen and oxygen atoms in total. The van der Waals surface area contributed by atoms with Gasteiger partial charge >= 0.3 is 0 Å². The first-order valence-electron chi connectivity index (χ1n) is 6.57. The Kier molecular flexibility index (Phi) is 3.05. The van der Waals surface area contributed by atoms with Crippen LogP contribution in [0, 0.1) is 0 Å². The van der Waals surface area contributed by atoms with Crippen molar-refractivity contribution in [3.8, 4) is 21.7 Å². The van der Waals surface area contributed by atoms with Gasteiger partial charge in [0.25, 0.3) is 5.56 Å². The van der Waals surface area contributed by atoms with Crippen molar-refractivity contribution in [3.63, 3.8) is 0 Å². The summed E-state index contributed by atoms with van der Waals surface area (Å²) < 4.78 is 1.75. The van der Waals surface area contributed by atoms with Crippen LogP contribution in [0.5, 0.6) is 0 Å². The van der Waals surface area contributed by atoms with Crippen LogP contribution in [-0.2, 0) is 0 Å². The minimum atomic E-state index is 0.0248. The van der Waals surface area contributed by atoms with Crippen LogP contribution >= 0.6 is 23.1 Å². The third kappa shape index (κ3) is 2.07. The van der Waals surface area contributed by atoms with Crippen molar-refractivity contribution in [2.75, 3.05) is 0 Å². The number of fused-ring (bicyclic) bond motifs is 3. The smallest absolute Gasteiger partial charge is 0.263 e. The maximum atomic E-state index is 12.8. The van der Waals surface area contributed by atoms with E-state index in [0.29, 0.717) is 0 Å². The van der Waals surface area contributed by atoms with E-state index in [9.17, 15) is 4.79 Å². The Hall–Kier alpha value is -2.04. The third-order valence-electron chi connectivity index (χ3n) is 3.47. The second-order valence-electron chi connectivity index (χ2n) is 4.69. The van der Waals surface area contributed by atoms with Gasteiger partial charge in [0.15, 0.2) is 0 Å². The highest BCUT2D eigenvalue weighted by atomic mass is 32.2. The number of benzene rings is 1. The molecule has 21 heavy (non-hydrogen) atoms. The van der Waals surface area contributed by atoms with Crippen LogP contribution in [0.4, 0.5) is 0 Å². The maximum absolute atomic E-state index is 12.8. The molecule has 3 aromatic rings. The van der Waals surface area contributed by atoms with Gasteiger partial charge in [-0.15, -0.1) is 11.3 Å². The van der Waals surface area contributed by atoms with Gasteiger partial charge in [0.2, 0.25) is 0 Å². The quantitative estimate of drug-likeness (QED) is 0.645. The first-order valence-corrected chi connectivity index (χ1v) is 8.33. The number of aromatic nitrogens is 1. The lowest BCUT2D eigenvalue weighted by molar-refractivity contribution is 1.07. The molecule has 4 heteroatoms. The molecule has 1 aliphatic heterocycles. The molecule has 0 saturated heterocycles. The van der Waals surface area contributed by atoms with E-state index in [1.54, 1.807) is 27.7 Å². The monoisotopic (exact) mass is 309 g/mol.